The monoisotopic (exact) mass is 406 g/mol. The lowest BCUT2D eigenvalue weighted by molar-refractivity contribution is 0.143. The minimum absolute atomic E-state index is 0.0494. The van der Waals surface area contributed by atoms with Gasteiger partial charge in [-0.25, -0.2) is 4.79 Å². The Morgan fingerprint density at radius 1 is 1.03 bits per heavy atom. The van der Waals surface area contributed by atoms with Crippen LogP contribution in [0, 0.1) is 30.1 Å². The summed E-state index contributed by atoms with van der Waals surface area (Å²) in [5.41, 5.74) is 7.24. The van der Waals surface area contributed by atoms with Crippen molar-refractivity contribution in [2.45, 2.75) is 19.3 Å². The molecule has 1 N–H and O–H groups in total. The Balaban J connectivity index is 1.30. The predicted octanol–water partition coefficient (Wildman–Crippen LogP) is 5.15. The van der Waals surface area contributed by atoms with E-state index < -0.39 is 6.09 Å². The Morgan fingerprint density at radius 3 is 2.39 bits per heavy atom. The van der Waals surface area contributed by atoms with Crippen molar-refractivity contribution in [2.24, 2.45) is 0 Å². The van der Waals surface area contributed by atoms with Gasteiger partial charge in [0.25, 0.3) is 0 Å². The molecule has 0 heterocycles. The van der Waals surface area contributed by atoms with E-state index in [0.29, 0.717) is 25.1 Å². The molecular weight excluding hydrogens is 384 g/mol. The number of benzene rings is 3. The number of fused-ring (bicyclic) bond motifs is 3. The molecule has 1 aliphatic carbocycles. The van der Waals surface area contributed by atoms with Crippen LogP contribution < -0.4 is 5.32 Å². The Hall–Kier alpha value is -4.02. The molecule has 0 spiro atoms. The fourth-order valence-corrected chi connectivity index (χ4v) is 3.86. The van der Waals surface area contributed by atoms with Crippen LogP contribution in [0.5, 0.6) is 0 Å². The first-order chi connectivity index (χ1) is 15.2. The van der Waals surface area contributed by atoms with Crippen molar-refractivity contribution in [2.75, 3.05) is 13.2 Å². The van der Waals surface area contributed by atoms with E-state index in [2.05, 4.69) is 47.5 Å². The van der Waals surface area contributed by atoms with Gasteiger partial charge in [-0.2, -0.15) is 5.26 Å². The third kappa shape index (κ3) is 4.44. The van der Waals surface area contributed by atoms with E-state index in [4.69, 9.17) is 10.00 Å². The maximum atomic E-state index is 12.2. The van der Waals surface area contributed by atoms with Gasteiger partial charge in [-0.1, -0.05) is 66.4 Å². The minimum atomic E-state index is -0.439. The largest absolute Gasteiger partial charge is 0.449 e. The highest BCUT2D eigenvalue weighted by atomic mass is 16.5. The smallest absolute Gasteiger partial charge is 0.407 e. The van der Waals surface area contributed by atoms with Gasteiger partial charge in [-0.05, 0) is 46.9 Å². The van der Waals surface area contributed by atoms with Gasteiger partial charge >= 0.3 is 6.09 Å². The van der Waals surface area contributed by atoms with Crippen molar-refractivity contribution in [1.82, 2.24) is 5.32 Å². The van der Waals surface area contributed by atoms with Gasteiger partial charge in [-0.15, -0.1) is 0 Å². The number of nitrogens with one attached hydrogen (secondary N) is 1. The van der Waals surface area contributed by atoms with Crippen LogP contribution in [-0.2, 0) is 4.74 Å². The number of carbonyl (C=O) groups is 1. The van der Waals surface area contributed by atoms with Crippen molar-refractivity contribution in [3.63, 3.8) is 0 Å². The van der Waals surface area contributed by atoms with E-state index >= 15 is 0 Å². The lowest BCUT2D eigenvalue weighted by Crippen LogP contribution is -2.26. The predicted molar refractivity (Wildman–Crippen MR) is 120 cm³/mol. The number of hydrogen-bond acceptors (Lipinski definition) is 3. The summed E-state index contributed by atoms with van der Waals surface area (Å²) >= 11 is 0. The fraction of sp³-hybridized carbons (Fsp3) is 0.185. The van der Waals surface area contributed by atoms with E-state index in [-0.39, 0.29) is 5.92 Å². The number of nitrogens with zero attached hydrogens (tertiary/aromatic N) is 1. The number of rotatable bonds is 4. The minimum Gasteiger partial charge on any atom is -0.449 e. The summed E-state index contributed by atoms with van der Waals surface area (Å²) in [6.45, 7) is 2.66. The number of hydrogen-bond donors (Lipinski definition) is 1. The summed E-state index contributed by atoms with van der Waals surface area (Å²) in [6, 6.07) is 24.1. The normalized spacial score (nSPS) is 11.5. The molecule has 1 amide bonds. The molecule has 0 saturated carbocycles. The first-order valence-corrected chi connectivity index (χ1v) is 10.3. The van der Waals surface area contributed by atoms with Crippen molar-refractivity contribution < 1.29 is 9.53 Å². The molecule has 1 aliphatic rings. The standard InChI is InChI=1S/C27H22N2O2/c1-19-13-14-20(17-28)16-21(19)8-6-7-15-29-27(30)31-18-26-24-11-4-2-9-22(24)23-10-3-5-12-25(23)26/h2-5,9-14,16,26H,7,15,18H2,1H3,(H,29,30). The quantitative estimate of drug-likeness (QED) is 0.482. The second kappa shape index (κ2) is 9.20. The number of alkyl carbamates (subject to hydrolysis) is 1. The van der Waals surface area contributed by atoms with Crippen LogP contribution in [0.15, 0.2) is 66.7 Å². The van der Waals surface area contributed by atoms with Crippen molar-refractivity contribution in [3.05, 3.63) is 94.5 Å². The average Bonchev–Trinajstić information content (AvgIpc) is 3.12. The van der Waals surface area contributed by atoms with Gasteiger partial charge in [0.2, 0.25) is 0 Å². The second-order valence-electron chi connectivity index (χ2n) is 7.45. The van der Waals surface area contributed by atoms with Gasteiger partial charge in [0.05, 0.1) is 11.6 Å². The highest BCUT2D eigenvalue weighted by Gasteiger charge is 2.28. The van der Waals surface area contributed by atoms with Gasteiger partial charge in [-0.3, -0.25) is 0 Å². The van der Waals surface area contributed by atoms with Crippen LogP contribution in [0.2, 0.25) is 0 Å². The van der Waals surface area contributed by atoms with Crippen LogP contribution in [-0.4, -0.2) is 19.2 Å². The summed E-state index contributed by atoms with van der Waals surface area (Å²) in [6.07, 6.45) is 0.0618. The van der Waals surface area contributed by atoms with Crippen molar-refractivity contribution >= 4 is 6.09 Å². The number of aryl methyl sites for hydroxylation is 1. The van der Waals surface area contributed by atoms with Gasteiger partial charge in [0.15, 0.2) is 0 Å². The number of carbonyl (C=O) groups excluding carboxylic acids is 1. The van der Waals surface area contributed by atoms with E-state index in [1.54, 1.807) is 12.1 Å². The Morgan fingerprint density at radius 2 is 1.71 bits per heavy atom. The lowest BCUT2D eigenvalue weighted by Gasteiger charge is -2.14. The zero-order valence-electron chi connectivity index (χ0n) is 17.3. The molecule has 0 aromatic heterocycles. The van der Waals surface area contributed by atoms with E-state index in [0.717, 1.165) is 11.1 Å². The first-order valence-electron chi connectivity index (χ1n) is 10.3. The first kappa shape index (κ1) is 20.3. The zero-order chi connectivity index (χ0) is 21.6. The summed E-state index contributed by atoms with van der Waals surface area (Å²) in [4.78, 5) is 12.2. The number of ether oxygens (including phenoxy) is 1. The van der Waals surface area contributed by atoms with Crippen molar-refractivity contribution in [3.8, 4) is 29.0 Å². The number of amides is 1. The molecule has 152 valence electrons. The number of nitriles is 1. The molecule has 0 unspecified atom stereocenters. The molecule has 0 atom stereocenters. The molecule has 3 aromatic rings. The average molecular weight is 406 g/mol. The Kier molecular flexibility index (Phi) is 6.01. The van der Waals surface area contributed by atoms with Crippen molar-refractivity contribution in [1.29, 1.82) is 5.26 Å². The molecule has 0 aliphatic heterocycles. The van der Waals surface area contributed by atoms with Crippen LogP contribution in [0.25, 0.3) is 11.1 Å². The topological polar surface area (TPSA) is 62.1 Å². The fourth-order valence-electron chi connectivity index (χ4n) is 3.86. The van der Waals surface area contributed by atoms with E-state index in [9.17, 15) is 4.79 Å². The molecule has 4 rings (SSSR count). The third-order valence-corrected chi connectivity index (χ3v) is 5.45. The highest BCUT2D eigenvalue weighted by Crippen LogP contribution is 2.44. The molecule has 4 heteroatoms. The summed E-state index contributed by atoms with van der Waals surface area (Å²) in [5.74, 6) is 6.16. The van der Waals surface area contributed by atoms with Gasteiger partial charge in [0, 0.05) is 24.4 Å². The van der Waals surface area contributed by atoms with Crippen LogP contribution >= 0.6 is 0 Å². The summed E-state index contributed by atoms with van der Waals surface area (Å²) in [5, 5.41) is 11.8. The van der Waals surface area contributed by atoms with E-state index in [1.165, 1.54) is 22.3 Å². The van der Waals surface area contributed by atoms with E-state index in [1.807, 2.05) is 37.3 Å². The molecule has 31 heavy (non-hydrogen) atoms. The lowest BCUT2D eigenvalue weighted by atomic mass is 9.98. The van der Waals surface area contributed by atoms with Crippen LogP contribution in [0.1, 0.15) is 40.2 Å². The van der Waals surface area contributed by atoms with Gasteiger partial charge in [0.1, 0.15) is 6.61 Å². The third-order valence-electron chi connectivity index (χ3n) is 5.45. The zero-order valence-corrected chi connectivity index (χ0v) is 17.3. The second-order valence-corrected chi connectivity index (χ2v) is 7.45. The SMILES string of the molecule is Cc1ccc(C#N)cc1C#CCCNC(=O)OCC1c2ccccc2-c2ccccc21. The molecule has 4 nitrogen and oxygen atoms in total. The highest BCUT2D eigenvalue weighted by molar-refractivity contribution is 5.79. The Bertz CT molecular complexity index is 1180. The molecule has 0 fully saturated rings. The molecule has 0 bridgehead atoms. The summed E-state index contributed by atoms with van der Waals surface area (Å²) < 4.78 is 5.52. The van der Waals surface area contributed by atoms with Crippen LogP contribution in [0.3, 0.4) is 0 Å². The maximum Gasteiger partial charge on any atom is 0.407 e. The molecule has 3 aromatic carbocycles. The Labute approximate surface area is 182 Å². The van der Waals surface area contributed by atoms with Crippen LogP contribution in [0.4, 0.5) is 4.79 Å². The maximum absolute atomic E-state index is 12.2. The molecule has 0 saturated heterocycles. The summed E-state index contributed by atoms with van der Waals surface area (Å²) in [7, 11) is 0. The molecular formula is C27H22N2O2. The molecule has 0 radical (unpaired) electrons. The van der Waals surface area contributed by atoms with Gasteiger partial charge < -0.3 is 10.1 Å².